The number of imide groups is 1. The maximum Gasteiger partial charge on any atom is 0.337 e. The van der Waals surface area contributed by atoms with Crippen molar-refractivity contribution >= 4 is 63.1 Å². The molecule has 2 aromatic carbocycles. The molecule has 0 spiro atoms. The molecular weight excluding hydrogens is 468 g/mol. The number of benzene rings is 2. The fourth-order valence-electron chi connectivity index (χ4n) is 3.05. The molecule has 0 saturated carbocycles. The average molecular weight is 483 g/mol. The van der Waals surface area contributed by atoms with Crippen LogP contribution in [0.5, 0.6) is 0 Å². The number of thiazole rings is 1. The summed E-state index contributed by atoms with van der Waals surface area (Å²) >= 11 is 7.45. The summed E-state index contributed by atoms with van der Waals surface area (Å²) in [6.07, 6.45) is 1.57. The summed E-state index contributed by atoms with van der Waals surface area (Å²) in [7, 11) is 1.25. The number of esters is 1. The quantitative estimate of drug-likeness (QED) is 0.407. The zero-order valence-electron chi connectivity index (χ0n) is 17.0. The standard InChI is InChI=1S/C22H15ClN4O5S/c1-32-21(31)12-5-7-15(8-6-12)27-19(29)16(23)17(20(27)30)25-14-4-2-3-13(11-14)18(28)26-22-24-9-10-33-22/h2-11,25H,1H3,(H,24,26,28). The predicted octanol–water partition coefficient (Wildman–Crippen LogP) is 3.62. The molecule has 4 rings (SSSR count). The Hall–Kier alpha value is -4.02. The second kappa shape index (κ2) is 9.23. The fraction of sp³-hybridized carbons (Fsp3) is 0.0455. The van der Waals surface area contributed by atoms with Gasteiger partial charge in [-0.3, -0.25) is 19.7 Å². The van der Waals surface area contributed by atoms with Crippen LogP contribution in [-0.2, 0) is 14.3 Å². The van der Waals surface area contributed by atoms with Gasteiger partial charge in [-0.05, 0) is 42.5 Å². The topological polar surface area (TPSA) is 118 Å². The lowest BCUT2D eigenvalue weighted by molar-refractivity contribution is -0.120. The van der Waals surface area contributed by atoms with Crippen molar-refractivity contribution in [3.8, 4) is 0 Å². The highest BCUT2D eigenvalue weighted by Gasteiger charge is 2.39. The van der Waals surface area contributed by atoms with Gasteiger partial charge in [0, 0.05) is 22.8 Å². The molecule has 0 bridgehead atoms. The molecule has 0 aliphatic carbocycles. The highest BCUT2D eigenvalue weighted by molar-refractivity contribution is 7.13. The van der Waals surface area contributed by atoms with Gasteiger partial charge < -0.3 is 10.1 Å². The molecular formula is C22H15ClN4O5S. The Bertz CT molecular complexity index is 1290. The van der Waals surface area contributed by atoms with Crippen molar-refractivity contribution in [2.45, 2.75) is 0 Å². The highest BCUT2D eigenvalue weighted by atomic mass is 35.5. The molecule has 2 heterocycles. The first-order chi connectivity index (χ1) is 15.9. The summed E-state index contributed by atoms with van der Waals surface area (Å²) in [6.45, 7) is 0. The number of hydrogen-bond donors (Lipinski definition) is 2. The van der Waals surface area contributed by atoms with Gasteiger partial charge in [0.1, 0.15) is 10.7 Å². The van der Waals surface area contributed by atoms with E-state index in [1.807, 2.05) is 0 Å². The lowest BCUT2D eigenvalue weighted by atomic mass is 10.2. The minimum absolute atomic E-state index is 0.129. The molecule has 3 aromatic rings. The predicted molar refractivity (Wildman–Crippen MR) is 123 cm³/mol. The third-order valence-electron chi connectivity index (χ3n) is 4.62. The lowest BCUT2D eigenvalue weighted by Gasteiger charge is -2.15. The molecule has 0 atom stereocenters. The summed E-state index contributed by atoms with van der Waals surface area (Å²) in [4.78, 5) is 54.6. The van der Waals surface area contributed by atoms with Gasteiger partial charge in [0.15, 0.2) is 5.13 Å². The number of nitrogens with one attached hydrogen (secondary N) is 2. The molecule has 1 aliphatic rings. The number of halogens is 1. The van der Waals surface area contributed by atoms with Gasteiger partial charge in [-0.2, -0.15) is 0 Å². The lowest BCUT2D eigenvalue weighted by Crippen LogP contribution is -2.32. The molecule has 11 heteroatoms. The van der Waals surface area contributed by atoms with Gasteiger partial charge in [0.2, 0.25) is 0 Å². The first-order valence-electron chi connectivity index (χ1n) is 9.44. The van der Waals surface area contributed by atoms with Crippen LogP contribution in [0.2, 0.25) is 0 Å². The Morgan fingerprint density at radius 2 is 1.82 bits per heavy atom. The first kappa shape index (κ1) is 22.2. The van der Waals surface area contributed by atoms with E-state index in [4.69, 9.17) is 11.6 Å². The van der Waals surface area contributed by atoms with Gasteiger partial charge >= 0.3 is 5.97 Å². The van der Waals surface area contributed by atoms with Crippen molar-refractivity contribution in [2.75, 3.05) is 22.6 Å². The van der Waals surface area contributed by atoms with Crippen molar-refractivity contribution in [3.63, 3.8) is 0 Å². The monoisotopic (exact) mass is 482 g/mol. The Balaban J connectivity index is 1.53. The molecule has 0 unspecified atom stereocenters. The first-order valence-corrected chi connectivity index (χ1v) is 10.7. The van der Waals surface area contributed by atoms with Gasteiger partial charge in [0.25, 0.3) is 17.7 Å². The Morgan fingerprint density at radius 3 is 2.48 bits per heavy atom. The van der Waals surface area contributed by atoms with E-state index in [2.05, 4.69) is 20.4 Å². The number of amides is 3. The molecule has 0 saturated heterocycles. The van der Waals surface area contributed by atoms with Crippen molar-refractivity contribution in [1.29, 1.82) is 0 Å². The van der Waals surface area contributed by atoms with Crippen LogP contribution in [-0.4, -0.2) is 35.8 Å². The van der Waals surface area contributed by atoms with Crippen LogP contribution in [0.4, 0.5) is 16.5 Å². The number of nitrogens with zero attached hydrogens (tertiary/aromatic N) is 2. The highest BCUT2D eigenvalue weighted by Crippen LogP contribution is 2.30. The summed E-state index contributed by atoms with van der Waals surface area (Å²) in [5.74, 6) is -2.31. The van der Waals surface area contributed by atoms with Gasteiger partial charge in [-0.1, -0.05) is 17.7 Å². The SMILES string of the molecule is COC(=O)c1ccc(N2C(=O)C(Cl)=C(Nc3cccc(C(=O)Nc4nccs4)c3)C2=O)cc1. The van der Waals surface area contributed by atoms with E-state index in [1.54, 1.807) is 29.8 Å². The third-order valence-corrected chi connectivity index (χ3v) is 5.66. The number of hydrogen-bond acceptors (Lipinski definition) is 8. The molecule has 166 valence electrons. The van der Waals surface area contributed by atoms with E-state index in [-0.39, 0.29) is 27.9 Å². The fourth-order valence-corrected chi connectivity index (χ4v) is 3.78. The van der Waals surface area contributed by atoms with Crippen LogP contribution in [0.3, 0.4) is 0 Å². The van der Waals surface area contributed by atoms with Crippen LogP contribution in [0, 0.1) is 0 Å². The largest absolute Gasteiger partial charge is 0.465 e. The van der Waals surface area contributed by atoms with Crippen LogP contribution >= 0.6 is 22.9 Å². The Morgan fingerprint density at radius 1 is 1.06 bits per heavy atom. The van der Waals surface area contributed by atoms with E-state index >= 15 is 0 Å². The summed E-state index contributed by atoms with van der Waals surface area (Å²) in [6, 6.07) is 12.1. The van der Waals surface area contributed by atoms with Crippen LogP contribution < -0.4 is 15.5 Å². The molecule has 0 radical (unpaired) electrons. The molecule has 1 aliphatic heterocycles. The van der Waals surface area contributed by atoms with Crippen LogP contribution in [0.1, 0.15) is 20.7 Å². The number of aromatic nitrogens is 1. The molecule has 33 heavy (non-hydrogen) atoms. The second-order valence-corrected chi connectivity index (χ2v) is 7.94. The number of carbonyl (C=O) groups is 4. The van der Waals surface area contributed by atoms with Gasteiger partial charge in [-0.15, -0.1) is 11.3 Å². The van der Waals surface area contributed by atoms with E-state index in [9.17, 15) is 19.2 Å². The minimum atomic E-state index is -0.715. The summed E-state index contributed by atoms with van der Waals surface area (Å²) in [5, 5.41) is 7.39. The number of rotatable bonds is 6. The molecule has 3 amide bonds. The van der Waals surface area contributed by atoms with Crippen LogP contribution in [0.15, 0.2) is 70.8 Å². The average Bonchev–Trinajstić information content (AvgIpc) is 3.41. The normalized spacial score (nSPS) is 13.3. The minimum Gasteiger partial charge on any atom is -0.465 e. The molecule has 0 fully saturated rings. The smallest absolute Gasteiger partial charge is 0.337 e. The second-order valence-electron chi connectivity index (χ2n) is 6.67. The molecule has 2 N–H and O–H groups in total. The van der Waals surface area contributed by atoms with Crippen molar-refractivity contribution < 1.29 is 23.9 Å². The van der Waals surface area contributed by atoms with Crippen molar-refractivity contribution in [2.24, 2.45) is 0 Å². The maximum absolute atomic E-state index is 13.0. The zero-order valence-corrected chi connectivity index (χ0v) is 18.6. The number of carbonyl (C=O) groups excluding carboxylic acids is 4. The van der Waals surface area contributed by atoms with E-state index in [1.165, 1.54) is 48.8 Å². The van der Waals surface area contributed by atoms with E-state index in [0.717, 1.165) is 4.90 Å². The Labute approximate surface area is 196 Å². The van der Waals surface area contributed by atoms with E-state index in [0.29, 0.717) is 16.4 Å². The number of ether oxygens (including phenoxy) is 1. The molecule has 1 aromatic heterocycles. The number of methoxy groups -OCH3 is 1. The van der Waals surface area contributed by atoms with Crippen LogP contribution in [0.25, 0.3) is 0 Å². The summed E-state index contributed by atoms with van der Waals surface area (Å²) in [5.41, 5.74) is 1.09. The molecule has 9 nitrogen and oxygen atoms in total. The van der Waals surface area contributed by atoms with Gasteiger partial charge in [-0.25, -0.2) is 14.7 Å². The van der Waals surface area contributed by atoms with Crippen molar-refractivity contribution in [3.05, 3.63) is 82.0 Å². The zero-order chi connectivity index (χ0) is 23.5. The Kier molecular flexibility index (Phi) is 6.20. The van der Waals surface area contributed by atoms with E-state index < -0.39 is 17.8 Å². The third kappa shape index (κ3) is 4.47. The van der Waals surface area contributed by atoms with Crippen molar-refractivity contribution in [1.82, 2.24) is 4.98 Å². The van der Waals surface area contributed by atoms with Gasteiger partial charge in [0.05, 0.1) is 18.4 Å². The summed E-state index contributed by atoms with van der Waals surface area (Å²) < 4.78 is 4.64. The number of anilines is 3. The maximum atomic E-state index is 13.0.